The number of ether oxygens (including phenoxy) is 1. The molecular weight excluding hydrogens is 266 g/mol. The molecule has 1 aromatic carbocycles. The van der Waals surface area contributed by atoms with Crippen LogP contribution in [0.4, 0.5) is 5.69 Å². The summed E-state index contributed by atoms with van der Waals surface area (Å²) >= 11 is 0. The number of benzene rings is 1. The van der Waals surface area contributed by atoms with Crippen molar-refractivity contribution in [3.05, 3.63) is 24.3 Å². The minimum atomic E-state index is -3.74. The van der Waals surface area contributed by atoms with E-state index in [1.165, 1.54) is 6.07 Å². The quantitative estimate of drug-likeness (QED) is 0.708. The van der Waals surface area contributed by atoms with Gasteiger partial charge < -0.3 is 15.4 Å². The van der Waals surface area contributed by atoms with Gasteiger partial charge in [0.1, 0.15) is 4.90 Å². The van der Waals surface area contributed by atoms with Gasteiger partial charge in [-0.05, 0) is 25.1 Å². The van der Waals surface area contributed by atoms with E-state index in [-0.39, 0.29) is 4.90 Å². The fourth-order valence-corrected chi connectivity index (χ4v) is 2.55. The molecule has 0 saturated carbocycles. The van der Waals surface area contributed by atoms with E-state index >= 15 is 0 Å². The Morgan fingerprint density at radius 1 is 1.26 bits per heavy atom. The van der Waals surface area contributed by atoms with E-state index in [0.717, 1.165) is 6.42 Å². The van der Waals surface area contributed by atoms with Crippen molar-refractivity contribution >= 4 is 15.7 Å². The Bertz CT molecular complexity index is 483. The third kappa shape index (κ3) is 4.79. The molecule has 0 fully saturated rings. The Kier molecular flexibility index (Phi) is 6.23. The van der Waals surface area contributed by atoms with Gasteiger partial charge >= 0.3 is 0 Å². The van der Waals surface area contributed by atoms with Crippen molar-refractivity contribution < 1.29 is 13.2 Å². The predicted molar refractivity (Wildman–Crippen MR) is 75.6 cm³/mol. The third-order valence-corrected chi connectivity index (χ3v) is 3.67. The number of hydrogen-bond acceptors (Lipinski definition) is 5. The molecule has 0 amide bonds. The van der Waals surface area contributed by atoms with Crippen LogP contribution in [0.25, 0.3) is 0 Å². The van der Waals surface area contributed by atoms with E-state index in [1.54, 1.807) is 25.3 Å². The summed E-state index contributed by atoms with van der Waals surface area (Å²) in [6.45, 7) is 2.29. The topological polar surface area (TPSA) is 98.7 Å². The Labute approximate surface area is 114 Å². The summed E-state index contributed by atoms with van der Waals surface area (Å²) in [5, 5.41) is 5.24. The number of hydrogen-bond donors (Lipinski definition) is 2. The van der Waals surface area contributed by atoms with E-state index in [0.29, 0.717) is 31.9 Å². The summed E-state index contributed by atoms with van der Waals surface area (Å²) in [5.41, 5.74) is 6.10. The Hall–Kier alpha value is -1.15. The van der Waals surface area contributed by atoms with Crippen LogP contribution in [0.3, 0.4) is 0 Å². The number of primary sulfonamides is 1. The van der Waals surface area contributed by atoms with Crippen LogP contribution in [-0.4, -0.2) is 41.8 Å². The lowest BCUT2D eigenvalue weighted by Gasteiger charge is -2.26. The lowest BCUT2D eigenvalue weighted by atomic mass is 10.2. The highest BCUT2D eigenvalue weighted by Crippen LogP contribution is 2.23. The van der Waals surface area contributed by atoms with E-state index in [2.05, 4.69) is 0 Å². The van der Waals surface area contributed by atoms with Gasteiger partial charge in [0.2, 0.25) is 10.0 Å². The van der Waals surface area contributed by atoms with Gasteiger partial charge in [0, 0.05) is 20.2 Å². The number of nitrogens with zero attached hydrogens (tertiary/aromatic N) is 1. The lowest BCUT2D eigenvalue weighted by molar-refractivity contribution is 0.205. The van der Waals surface area contributed by atoms with Crippen LogP contribution in [-0.2, 0) is 14.8 Å². The molecular formula is C12H21N3O3S. The molecule has 4 N–H and O–H groups in total. The van der Waals surface area contributed by atoms with Crippen LogP contribution >= 0.6 is 0 Å². The molecule has 19 heavy (non-hydrogen) atoms. The average molecular weight is 287 g/mol. The Morgan fingerprint density at radius 3 is 2.53 bits per heavy atom. The molecule has 0 heterocycles. The number of methoxy groups -OCH3 is 1. The molecule has 0 aromatic heterocycles. The minimum absolute atomic E-state index is 0.128. The molecule has 7 heteroatoms. The molecule has 0 bridgehead atoms. The van der Waals surface area contributed by atoms with Gasteiger partial charge in [-0.15, -0.1) is 0 Å². The molecule has 6 nitrogen and oxygen atoms in total. The fraction of sp³-hybridized carbons (Fsp3) is 0.500. The zero-order valence-electron chi connectivity index (χ0n) is 11.1. The zero-order chi connectivity index (χ0) is 14.3. The lowest BCUT2D eigenvalue weighted by Crippen LogP contribution is -2.31. The van der Waals surface area contributed by atoms with Crippen LogP contribution in [0.1, 0.15) is 6.42 Å². The molecule has 0 aliphatic carbocycles. The molecule has 0 aliphatic heterocycles. The van der Waals surface area contributed by atoms with Gasteiger partial charge in [0.25, 0.3) is 0 Å². The monoisotopic (exact) mass is 287 g/mol. The maximum absolute atomic E-state index is 11.6. The second-order valence-corrected chi connectivity index (χ2v) is 5.66. The first kappa shape index (κ1) is 15.9. The summed E-state index contributed by atoms with van der Waals surface area (Å²) in [5.74, 6) is 0. The largest absolute Gasteiger partial charge is 0.383 e. The van der Waals surface area contributed by atoms with Crippen molar-refractivity contribution in [1.29, 1.82) is 0 Å². The summed E-state index contributed by atoms with van der Waals surface area (Å²) < 4.78 is 28.2. The van der Waals surface area contributed by atoms with Crippen LogP contribution in [0.2, 0.25) is 0 Å². The van der Waals surface area contributed by atoms with Crippen molar-refractivity contribution in [1.82, 2.24) is 0 Å². The molecule has 1 rings (SSSR count). The second-order valence-electron chi connectivity index (χ2n) is 4.13. The van der Waals surface area contributed by atoms with Crippen molar-refractivity contribution in [3.8, 4) is 0 Å². The molecule has 0 atom stereocenters. The van der Waals surface area contributed by atoms with E-state index < -0.39 is 10.0 Å². The maximum Gasteiger partial charge on any atom is 0.240 e. The first-order valence-electron chi connectivity index (χ1n) is 6.06. The fourth-order valence-electron chi connectivity index (χ4n) is 1.80. The van der Waals surface area contributed by atoms with Crippen molar-refractivity contribution in [2.24, 2.45) is 10.9 Å². The number of sulfonamides is 1. The smallest absolute Gasteiger partial charge is 0.240 e. The first-order valence-corrected chi connectivity index (χ1v) is 7.61. The molecule has 0 radical (unpaired) electrons. The first-order chi connectivity index (χ1) is 9.00. The highest BCUT2D eigenvalue weighted by Gasteiger charge is 2.17. The van der Waals surface area contributed by atoms with E-state index in [9.17, 15) is 8.42 Å². The van der Waals surface area contributed by atoms with Crippen LogP contribution in [0, 0.1) is 0 Å². The maximum atomic E-state index is 11.6. The van der Waals surface area contributed by atoms with Gasteiger partial charge in [-0.25, -0.2) is 13.6 Å². The van der Waals surface area contributed by atoms with Crippen molar-refractivity contribution in [2.75, 3.05) is 38.3 Å². The summed E-state index contributed by atoms with van der Waals surface area (Å²) in [4.78, 5) is 2.05. The third-order valence-electron chi connectivity index (χ3n) is 2.71. The van der Waals surface area contributed by atoms with Crippen LogP contribution in [0.5, 0.6) is 0 Å². The van der Waals surface area contributed by atoms with Gasteiger partial charge in [-0.2, -0.15) is 0 Å². The van der Waals surface area contributed by atoms with Gasteiger partial charge in [0.15, 0.2) is 0 Å². The van der Waals surface area contributed by atoms with Crippen LogP contribution < -0.4 is 15.8 Å². The highest BCUT2D eigenvalue weighted by atomic mass is 32.2. The molecule has 0 spiro atoms. The highest BCUT2D eigenvalue weighted by molar-refractivity contribution is 7.89. The SMILES string of the molecule is COCCN(CCCN)c1ccccc1S(N)(=O)=O. The standard InChI is InChI=1S/C12H21N3O3S/c1-18-10-9-15(8-4-7-13)11-5-2-3-6-12(11)19(14,16)17/h2-3,5-6H,4,7-10,13H2,1H3,(H2,14,16,17). The molecule has 1 aromatic rings. The van der Waals surface area contributed by atoms with Crippen molar-refractivity contribution in [3.63, 3.8) is 0 Å². The Morgan fingerprint density at radius 2 is 1.95 bits per heavy atom. The number of nitrogens with two attached hydrogens (primary N) is 2. The summed E-state index contributed by atoms with van der Waals surface area (Å²) in [6, 6.07) is 6.69. The van der Waals surface area contributed by atoms with Crippen LogP contribution in [0.15, 0.2) is 29.2 Å². The molecule has 108 valence electrons. The Balaban J connectivity index is 3.07. The average Bonchev–Trinajstić information content (AvgIpc) is 2.38. The zero-order valence-corrected chi connectivity index (χ0v) is 11.9. The van der Waals surface area contributed by atoms with Gasteiger partial charge in [-0.3, -0.25) is 0 Å². The summed E-state index contributed by atoms with van der Waals surface area (Å²) in [7, 11) is -2.14. The molecule has 0 unspecified atom stereocenters. The normalized spacial score (nSPS) is 11.5. The summed E-state index contributed by atoms with van der Waals surface area (Å²) in [6.07, 6.45) is 0.767. The number of rotatable bonds is 8. The van der Waals surface area contributed by atoms with E-state index in [1.807, 2.05) is 4.90 Å². The molecule has 0 aliphatic rings. The van der Waals surface area contributed by atoms with Gasteiger partial charge in [0.05, 0.1) is 12.3 Å². The van der Waals surface area contributed by atoms with E-state index in [4.69, 9.17) is 15.6 Å². The second kappa shape index (κ2) is 7.44. The number of anilines is 1. The predicted octanol–water partition coefficient (Wildman–Crippen LogP) is 0.136. The van der Waals surface area contributed by atoms with Gasteiger partial charge in [-0.1, -0.05) is 12.1 Å². The minimum Gasteiger partial charge on any atom is -0.383 e. The molecule has 0 saturated heterocycles. The number of para-hydroxylation sites is 1. The van der Waals surface area contributed by atoms with Crippen molar-refractivity contribution in [2.45, 2.75) is 11.3 Å².